The summed E-state index contributed by atoms with van der Waals surface area (Å²) in [6.45, 7) is 3.56. The first-order chi connectivity index (χ1) is 7.76. The Morgan fingerprint density at radius 2 is 1.62 bits per heavy atom. The highest BCUT2D eigenvalue weighted by Gasteiger charge is 2.02. The highest BCUT2D eigenvalue weighted by Crippen LogP contribution is 2.17. The topological polar surface area (TPSA) is 53.7 Å². The molecule has 1 aromatic rings. The lowest BCUT2D eigenvalue weighted by atomic mass is 10.3. The highest BCUT2D eigenvalue weighted by atomic mass is 16.5. The number of nitrogens with two attached hydrogens (primary N) is 1. The Balaban J connectivity index is 2.37. The summed E-state index contributed by atoms with van der Waals surface area (Å²) < 4.78 is 15.7. The van der Waals surface area contributed by atoms with Crippen molar-refractivity contribution in [2.24, 2.45) is 5.73 Å². The van der Waals surface area contributed by atoms with Crippen molar-refractivity contribution in [3.63, 3.8) is 0 Å². The van der Waals surface area contributed by atoms with E-state index in [9.17, 15) is 0 Å². The van der Waals surface area contributed by atoms with Gasteiger partial charge in [0.25, 0.3) is 0 Å². The van der Waals surface area contributed by atoms with E-state index in [2.05, 4.69) is 0 Å². The first-order valence-electron chi connectivity index (χ1n) is 5.36. The summed E-state index contributed by atoms with van der Waals surface area (Å²) in [6, 6.07) is 7.38. The van der Waals surface area contributed by atoms with Gasteiger partial charge in [-0.2, -0.15) is 0 Å². The van der Waals surface area contributed by atoms with E-state index in [1.807, 2.05) is 31.2 Å². The molecule has 0 aromatic heterocycles. The molecule has 0 aliphatic rings. The Hall–Kier alpha value is -1.26. The molecule has 16 heavy (non-hydrogen) atoms. The van der Waals surface area contributed by atoms with E-state index in [4.69, 9.17) is 19.9 Å². The average molecular weight is 225 g/mol. The summed E-state index contributed by atoms with van der Waals surface area (Å²) in [4.78, 5) is 0. The second kappa shape index (κ2) is 7.09. The third-order valence-electron chi connectivity index (χ3n) is 1.98. The first kappa shape index (κ1) is 12.8. The van der Waals surface area contributed by atoms with Crippen molar-refractivity contribution in [3.8, 4) is 11.5 Å². The second-order valence-electron chi connectivity index (χ2n) is 3.43. The number of methoxy groups -OCH3 is 1. The minimum absolute atomic E-state index is 0.100. The average Bonchev–Trinajstić information content (AvgIpc) is 2.29. The minimum atomic E-state index is -0.100. The van der Waals surface area contributed by atoms with Crippen LogP contribution < -0.4 is 15.2 Å². The molecule has 1 aromatic carbocycles. The van der Waals surface area contributed by atoms with Crippen LogP contribution in [0.4, 0.5) is 0 Å². The van der Waals surface area contributed by atoms with Crippen LogP contribution in [0, 0.1) is 0 Å². The Kier molecular flexibility index (Phi) is 5.67. The molecule has 0 amide bonds. The number of hydrogen-bond acceptors (Lipinski definition) is 4. The fourth-order valence-electron chi connectivity index (χ4n) is 1.26. The van der Waals surface area contributed by atoms with Crippen LogP contribution in [0.1, 0.15) is 6.92 Å². The van der Waals surface area contributed by atoms with Gasteiger partial charge in [0.15, 0.2) is 0 Å². The molecule has 4 nitrogen and oxygen atoms in total. The van der Waals surface area contributed by atoms with Gasteiger partial charge in [0.05, 0.1) is 19.3 Å². The third kappa shape index (κ3) is 4.51. The maximum absolute atomic E-state index is 5.73. The summed E-state index contributed by atoms with van der Waals surface area (Å²) >= 11 is 0. The standard InChI is InChI=1S/C12H19NO3/c1-3-15-11-4-6-12(7-5-11)16-9-10(13)8-14-2/h4-7,10H,3,8-9,13H2,1-2H3. The zero-order valence-electron chi connectivity index (χ0n) is 9.81. The minimum Gasteiger partial charge on any atom is -0.494 e. The van der Waals surface area contributed by atoms with E-state index in [-0.39, 0.29) is 6.04 Å². The third-order valence-corrected chi connectivity index (χ3v) is 1.98. The lowest BCUT2D eigenvalue weighted by molar-refractivity contribution is 0.152. The fourth-order valence-corrected chi connectivity index (χ4v) is 1.26. The van der Waals surface area contributed by atoms with E-state index in [0.717, 1.165) is 11.5 Å². The maximum atomic E-state index is 5.73. The lowest BCUT2D eigenvalue weighted by Gasteiger charge is -2.12. The van der Waals surface area contributed by atoms with Crippen molar-refractivity contribution in [2.75, 3.05) is 26.9 Å². The highest BCUT2D eigenvalue weighted by molar-refractivity contribution is 5.31. The van der Waals surface area contributed by atoms with Crippen LogP contribution in [0.3, 0.4) is 0 Å². The molecule has 0 saturated carbocycles. The molecule has 0 spiro atoms. The summed E-state index contributed by atoms with van der Waals surface area (Å²) in [5.41, 5.74) is 5.73. The predicted molar refractivity (Wildman–Crippen MR) is 63.0 cm³/mol. The summed E-state index contributed by atoms with van der Waals surface area (Å²) in [6.07, 6.45) is 0. The molecule has 0 radical (unpaired) electrons. The molecule has 2 N–H and O–H groups in total. The molecule has 0 saturated heterocycles. The van der Waals surface area contributed by atoms with Gasteiger partial charge in [-0.25, -0.2) is 0 Å². The van der Waals surface area contributed by atoms with E-state index in [0.29, 0.717) is 19.8 Å². The van der Waals surface area contributed by atoms with Gasteiger partial charge in [0.1, 0.15) is 18.1 Å². The second-order valence-corrected chi connectivity index (χ2v) is 3.43. The van der Waals surface area contributed by atoms with Crippen LogP contribution in [0.25, 0.3) is 0 Å². The molecular weight excluding hydrogens is 206 g/mol. The van der Waals surface area contributed by atoms with Crippen LogP contribution in [0.5, 0.6) is 11.5 Å². The normalized spacial score (nSPS) is 12.2. The molecule has 0 fully saturated rings. The van der Waals surface area contributed by atoms with Crippen molar-refractivity contribution < 1.29 is 14.2 Å². The number of benzene rings is 1. The van der Waals surface area contributed by atoms with Gasteiger partial charge in [-0.3, -0.25) is 0 Å². The zero-order chi connectivity index (χ0) is 11.8. The van der Waals surface area contributed by atoms with Gasteiger partial charge < -0.3 is 19.9 Å². The molecule has 0 aliphatic heterocycles. The van der Waals surface area contributed by atoms with Gasteiger partial charge >= 0.3 is 0 Å². The van der Waals surface area contributed by atoms with Crippen molar-refractivity contribution in [1.82, 2.24) is 0 Å². The smallest absolute Gasteiger partial charge is 0.119 e. The Labute approximate surface area is 96.3 Å². The predicted octanol–water partition coefficient (Wildman–Crippen LogP) is 1.44. The largest absolute Gasteiger partial charge is 0.494 e. The van der Waals surface area contributed by atoms with Gasteiger partial charge in [-0.05, 0) is 31.2 Å². The Morgan fingerprint density at radius 1 is 1.06 bits per heavy atom. The number of hydrogen-bond donors (Lipinski definition) is 1. The molecule has 4 heteroatoms. The maximum Gasteiger partial charge on any atom is 0.119 e. The fraction of sp³-hybridized carbons (Fsp3) is 0.500. The number of rotatable bonds is 7. The quantitative estimate of drug-likeness (QED) is 0.763. The van der Waals surface area contributed by atoms with Crippen LogP contribution in [-0.4, -0.2) is 33.0 Å². The summed E-state index contributed by atoms with van der Waals surface area (Å²) in [5, 5.41) is 0. The van der Waals surface area contributed by atoms with Crippen molar-refractivity contribution >= 4 is 0 Å². The molecular formula is C12H19NO3. The van der Waals surface area contributed by atoms with Crippen LogP contribution in [0.15, 0.2) is 24.3 Å². The van der Waals surface area contributed by atoms with Crippen molar-refractivity contribution in [2.45, 2.75) is 13.0 Å². The van der Waals surface area contributed by atoms with Crippen molar-refractivity contribution in [1.29, 1.82) is 0 Å². The van der Waals surface area contributed by atoms with Crippen LogP contribution >= 0.6 is 0 Å². The van der Waals surface area contributed by atoms with E-state index >= 15 is 0 Å². The molecule has 1 atom stereocenters. The van der Waals surface area contributed by atoms with Crippen LogP contribution in [0.2, 0.25) is 0 Å². The van der Waals surface area contributed by atoms with Crippen LogP contribution in [-0.2, 0) is 4.74 Å². The molecule has 90 valence electrons. The van der Waals surface area contributed by atoms with Gasteiger partial charge in [0.2, 0.25) is 0 Å². The monoisotopic (exact) mass is 225 g/mol. The molecule has 0 heterocycles. The Morgan fingerprint density at radius 3 is 2.12 bits per heavy atom. The molecule has 0 bridgehead atoms. The molecule has 1 unspecified atom stereocenters. The lowest BCUT2D eigenvalue weighted by Crippen LogP contribution is -2.32. The van der Waals surface area contributed by atoms with Gasteiger partial charge in [-0.1, -0.05) is 0 Å². The van der Waals surface area contributed by atoms with E-state index in [1.165, 1.54) is 0 Å². The van der Waals surface area contributed by atoms with Gasteiger partial charge in [0, 0.05) is 7.11 Å². The first-order valence-corrected chi connectivity index (χ1v) is 5.36. The van der Waals surface area contributed by atoms with E-state index < -0.39 is 0 Å². The van der Waals surface area contributed by atoms with E-state index in [1.54, 1.807) is 7.11 Å². The van der Waals surface area contributed by atoms with Crippen molar-refractivity contribution in [3.05, 3.63) is 24.3 Å². The number of ether oxygens (including phenoxy) is 3. The van der Waals surface area contributed by atoms with Gasteiger partial charge in [-0.15, -0.1) is 0 Å². The summed E-state index contributed by atoms with van der Waals surface area (Å²) in [7, 11) is 1.62. The zero-order valence-corrected chi connectivity index (χ0v) is 9.81. The summed E-state index contributed by atoms with van der Waals surface area (Å²) in [5.74, 6) is 1.63. The molecule has 0 aliphatic carbocycles. The SMILES string of the molecule is CCOc1ccc(OCC(N)COC)cc1. The Bertz CT molecular complexity index is 287. The molecule has 1 rings (SSSR count).